The van der Waals surface area contributed by atoms with E-state index in [0.29, 0.717) is 11.3 Å². The van der Waals surface area contributed by atoms with Gasteiger partial charge in [0.15, 0.2) is 0 Å². The predicted octanol–water partition coefficient (Wildman–Crippen LogP) is 4.79. The summed E-state index contributed by atoms with van der Waals surface area (Å²) in [5, 5.41) is 13.4. The van der Waals surface area contributed by atoms with E-state index in [0.717, 1.165) is 22.0 Å². The van der Waals surface area contributed by atoms with E-state index in [9.17, 15) is 14.9 Å². The summed E-state index contributed by atoms with van der Waals surface area (Å²) in [6.07, 6.45) is 3.98. The summed E-state index contributed by atoms with van der Waals surface area (Å²) < 4.78 is 1.99. The molecule has 2 heterocycles. The number of amides is 1. The molecule has 4 aromatic rings. The standard InChI is InChI=1S/C21H16N4O3S/c26-21(23-16-6-8-18(9-7-16)25(27)28)15-4-10-19(11-5-15)29-14-17-13-24-12-2-1-3-20(24)22-17/h1-13H,14H2,(H,23,26). The first kappa shape index (κ1) is 18.7. The van der Waals surface area contributed by atoms with Crippen molar-refractivity contribution >= 4 is 34.7 Å². The smallest absolute Gasteiger partial charge is 0.269 e. The number of fused-ring (bicyclic) bond motifs is 1. The maximum absolute atomic E-state index is 12.4. The Labute approximate surface area is 170 Å². The first-order valence-electron chi connectivity index (χ1n) is 8.80. The number of hydrogen-bond acceptors (Lipinski definition) is 5. The van der Waals surface area contributed by atoms with Gasteiger partial charge in [0, 0.05) is 46.4 Å². The van der Waals surface area contributed by atoms with Crippen molar-refractivity contribution in [1.82, 2.24) is 9.38 Å². The molecule has 1 amide bonds. The van der Waals surface area contributed by atoms with Crippen molar-refractivity contribution in [2.75, 3.05) is 5.32 Å². The molecule has 0 aliphatic heterocycles. The molecular formula is C21H16N4O3S. The molecule has 4 rings (SSSR count). The third-order valence-corrected chi connectivity index (χ3v) is 5.30. The maximum Gasteiger partial charge on any atom is 0.269 e. The minimum atomic E-state index is -0.478. The number of nitro groups is 1. The van der Waals surface area contributed by atoms with E-state index >= 15 is 0 Å². The third kappa shape index (κ3) is 4.44. The normalized spacial score (nSPS) is 10.8. The molecule has 7 nitrogen and oxygen atoms in total. The quantitative estimate of drug-likeness (QED) is 0.284. The van der Waals surface area contributed by atoms with Crippen molar-refractivity contribution < 1.29 is 9.72 Å². The Morgan fingerprint density at radius 1 is 1.07 bits per heavy atom. The number of carbonyl (C=O) groups excluding carboxylic acids is 1. The van der Waals surface area contributed by atoms with Crippen LogP contribution in [0.1, 0.15) is 16.1 Å². The zero-order chi connectivity index (χ0) is 20.2. The van der Waals surface area contributed by atoms with Gasteiger partial charge in [-0.25, -0.2) is 4.98 Å². The fourth-order valence-electron chi connectivity index (χ4n) is 2.79. The van der Waals surface area contributed by atoms with Crippen LogP contribution in [0.4, 0.5) is 11.4 Å². The number of nitrogens with one attached hydrogen (secondary N) is 1. The van der Waals surface area contributed by atoms with Crippen LogP contribution in [0, 0.1) is 10.1 Å². The van der Waals surface area contributed by atoms with Crippen LogP contribution in [0.25, 0.3) is 5.65 Å². The van der Waals surface area contributed by atoms with Gasteiger partial charge in [-0.1, -0.05) is 6.07 Å². The van der Waals surface area contributed by atoms with Crippen molar-refractivity contribution in [2.45, 2.75) is 10.6 Å². The van der Waals surface area contributed by atoms with Crippen molar-refractivity contribution in [3.8, 4) is 0 Å². The van der Waals surface area contributed by atoms with Crippen molar-refractivity contribution in [3.63, 3.8) is 0 Å². The molecule has 0 spiro atoms. The van der Waals surface area contributed by atoms with Crippen molar-refractivity contribution in [3.05, 3.63) is 100 Å². The summed E-state index contributed by atoms with van der Waals surface area (Å²) >= 11 is 1.65. The van der Waals surface area contributed by atoms with Crippen LogP contribution in [0.5, 0.6) is 0 Å². The molecular weight excluding hydrogens is 388 g/mol. The lowest BCUT2D eigenvalue weighted by atomic mass is 10.2. The highest BCUT2D eigenvalue weighted by atomic mass is 32.2. The average molecular weight is 404 g/mol. The Balaban J connectivity index is 1.36. The number of rotatable bonds is 6. The van der Waals surface area contributed by atoms with Crippen LogP contribution < -0.4 is 5.32 Å². The van der Waals surface area contributed by atoms with Crippen LogP contribution in [0.2, 0.25) is 0 Å². The Bertz CT molecular complexity index is 1140. The lowest BCUT2D eigenvalue weighted by Crippen LogP contribution is -2.11. The van der Waals surface area contributed by atoms with Crippen molar-refractivity contribution in [2.24, 2.45) is 0 Å². The Kier molecular flexibility index (Phi) is 5.26. The molecule has 2 aromatic heterocycles. The summed E-state index contributed by atoms with van der Waals surface area (Å²) in [5.74, 6) is 0.464. The van der Waals surface area contributed by atoms with Gasteiger partial charge in [0.2, 0.25) is 0 Å². The summed E-state index contributed by atoms with van der Waals surface area (Å²) in [6, 6.07) is 18.9. The van der Waals surface area contributed by atoms with Gasteiger partial charge in [-0.2, -0.15) is 0 Å². The number of non-ortho nitro benzene ring substituents is 1. The molecule has 0 atom stereocenters. The summed E-state index contributed by atoms with van der Waals surface area (Å²) in [4.78, 5) is 28.2. The second kappa shape index (κ2) is 8.15. The van der Waals surface area contributed by atoms with Gasteiger partial charge in [0.1, 0.15) is 5.65 Å². The zero-order valence-corrected chi connectivity index (χ0v) is 16.0. The van der Waals surface area contributed by atoms with Gasteiger partial charge in [-0.05, 0) is 48.5 Å². The van der Waals surface area contributed by atoms with Crippen LogP contribution in [-0.2, 0) is 5.75 Å². The predicted molar refractivity (Wildman–Crippen MR) is 112 cm³/mol. The molecule has 0 saturated carbocycles. The van der Waals surface area contributed by atoms with Crippen LogP contribution in [0.3, 0.4) is 0 Å². The Morgan fingerprint density at radius 2 is 1.83 bits per heavy atom. The molecule has 8 heteroatoms. The van der Waals surface area contributed by atoms with Gasteiger partial charge in [0.25, 0.3) is 11.6 Å². The van der Waals surface area contributed by atoms with E-state index in [-0.39, 0.29) is 11.6 Å². The number of benzene rings is 2. The molecule has 0 fully saturated rings. The highest BCUT2D eigenvalue weighted by Gasteiger charge is 2.09. The number of carbonyl (C=O) groups is 1. The van der Waals surface area contributed by atoms with Gasteiger partial charge in [-0.3, -0.25) is 14.9 Å². The SMILES string of the molecule is O=C(Nc1ccc([N+](=O)[O-])cc1)c1ccc(SCc2cn3ccccc3n2)cc1. The van der Waals surface area contributed by atoms with Gasteiger partial charge >= 0.3 is 0 Å². The van der Waals surface area contributed by atoms with Gasteiger partial charge in [0.05, 0.1) is 10.6 Å². The monoisotopic (exact) mass is 404 g/mol. The summed E-state index contributed by atoms with van der Waals surface area (Å²) in [5.41, 5.74) is 2.91. The topological polar surface area (TPSA) is 89.5 Å². The number of aromatic nitrogens is 2. The molecule has 2 aromatic carbocycles. The van der Waals surface area contributed by atoms with Crippen LogP contribution in [-0.4, -0.2) is 20.2 Å². The highest BCUT2D eigenvalue weighted by Crippen LogP contribution is 2.23. The lowest BCUT2D eigenvalue weighted by Gasteiger charge is -2.06. The largest absolute Gasteiger partial charge is 0.322 e. The molecule has 0 aliphatic rings. The van der Waals surface area contributed by atoms with Crippen molar-refractivity contribution in [1.29, 1.82) is 0 Å². The molecule has 0 aliphatic carbocycles. The third-order valence-electron chi connectivity index (χ3n) is 4.25. The first-order chi connectivity index (χ1) is 14.1. The minimum Gasteiger partial charge on any atom is -0.322 e. The minimum absolute atomic E-state index is 0.0185. The van der Waals surface area contributed by atoms with Gasteiger partial charge in [-0.15, -0.1) is 11.8 Å². The zero-order valence-electron chi connectivity index (χ0n) is 15.2. The van der Waals surface area contributed by atoms with Crippen LogP contribution >= 0.6 is 11.8 Å². The van der Waals surface area contributed by atoms with Gasteiger partial charge < -0.3 is 9.72 Å². The first-order valence-corrected chi connectivity index (χ1v) is 9.78. The van der Waals surface area contributed by atoms with E-state index in [1.165, 1.54) is 24.3 Å². The summed E-state index contributed by atoms with van der Waals surface area (Å²) in [7, 11) is 0. The fraction of sp³-hybridized carbons (Fsp3) is 0.0476. The Hall–Kier alpha value is -3.65. The van der Waals surface area contributed by atoms with Crippen LogP contribution in [0.15, 0.2) is 84.0 Å². The molecule has 0 radical (unpaired) electrons. The summed E-state index contributed by atoms with van der Waals surface area (Å²) in [6.45, 7) is 0. The van der Waals surface area contributed by atoms with E-state index in [4.69, 9.17) is 0 Å². The molecule has 0 saturated heterocycles. The number of anilines is 1. The number of nitro benzene ring substituents is 1. The fourth-order valence-corrected chi connectivity index (χ4v) is 3.57. The Morgan fingerprint density at radius 3 is 2.52 bits per heavy atom. The number of pyridine rings is 1. The number of hydrogen-bond donors (Lipinski definition) is 1. The second-order valence-electron chi connectivity index (χ2n) is 6.27. The lowest BCUT2D eigenvalue weighted by molar-refractivity contribution is -0.384. The molecule has 0 unspecified atom stereocenters. The van der Waals surface area contributed by atoms with E-state index in [1.807, 2.05) is 47.1 Å². The number of nitrogens with zero attached hydrogens (tertiary/aromatic N) is 3. The van der Waals surface area contributed by atoms with E-state index in [2.05, 4.69) is 10.3 Å². The highest BCUT2D eigenvalue weighted by molar-refractivity contribution is 7.98. The number of imidazole rings is 1. The second-order valence-corrected chi connectivity index (χ2v) is 7.32. The average Bonchev–Trinajstić information content (AvgIpc) is 3.16. The molecule has 29 heavy (non-hydrogen) atoms. The molecule has 1 N–H and O–H groups in total. The van der Waals surface area contributed by atoms with E-state index in [1.54, 1.807) is 23.9 Å². The maximum atomic E-state index is 12.4. The molecule has 144 valence electrons. The molecule has 0 bridgehead atoms. The number of thioether (sulfide) groups is 1. The van der Waals surface area contributed by atoms with E-state index < -0.39 is 4.92 Å².